The van der Waals surface area contributed by atoms with Gasteiger partial charge in [0.1, 0.15) is 6.04 Å². The Hall–Kier alpha value is -2.83. The highest BCUT2D eigenvalue weighted by atomic mass is 16.2. The topological polar surface area (TPSA) is 94.3 Å². The zero-order valence-corrected chi connectivity index (χ0v) is 15.9. The molecule has 1 aliphatic heterocycles. The fourth-order valence-electron chi connectivity index (χ4n) is 4.30. The molecule has 0 bridgehead atoms. The number of H-pyrrole nitrogens is 1. The summed E-state index contributed by atoms with van der Waals surface area (Å²) in [7, 11) is 0. The van der Waals surface area contributed by atoms with Crippen LogP contribution in [0, 0.1) is 0 Å². The van der Waals surface area contributed by atoms with E-state index in [2.05, 4.69) is 21.7 Å². The average molecular weight is 382 g/mol. The quantitative estimate of drug-likeness (QED) is 0.670. The number of hydrogen-bond donors (Lipinski definition) is 3. The van der Waals surface area contributed by atoms with Crippen LogP contribution < -0.4 is 10.6 Å². The number of aromatic nitrogens is 1. The second-order valence-electron chi connectivity index (χ2n) is 7.67. The van der Waals surface area contributed by atoms with E-state index in [1.54, 1.807) is 0 Å². The Balaban J connectivity index is 1.28. The minimum absolute atomic E-state index is 0.0122. The first-order valence-corrected chi connectivity index (χ1v) is 10.1. The maximum Gasteiger partial charge on any atom is 0.325 e. The molecule has 2 aromatic rings. The standard InChI is InChI=1S/C21H26N4O3/c26-19(22-11-10-14-13-23-17-9-5-4-8-16(14)17)12-18-20(27)25(21(28)24-18)15-6-2-1-3-7-15/h4-5,8-9,13,15,18,23H,1-3,6-7,10-12H2,(H,22,26)(H,24,28)/t18-/m0/s1. The Labute approximate surface area is 163 Å². The lowest BCUT2D eigenvalue weighted by Gasteiger charge is -2.28. The van der Waals surface area contributed by atoms with Gasteiger partial charge in [-0.2, -0.15) is 0 Å². The summed E-state index contributed by atoms with van der Waals surface area (Å²) in [5, 5.41) is 6.70. The molecule has 1 atom stereocenters. The van der Waals surface area contributed by atoms with Crippen molar-refractivity contribution in [1.29, 1.82) is 0 Å². The minimum Gasteiger partial charge on any atom is -0.361 e. The first-order chi connectivity index (χ1) is 13.6. The number of carbonyl (C=O) groups excluding carboxylic acids is 3. The van der Waals surface area contributed by atoms with Gasteiger partial charge in [-0.05, 0) is 30.9 Å². The lowest BCUT2D eigenvalue weighted by Crippen LogP contribution is -2.42. The third-order valence-electron chi connectivity index (χ3n) is 5.77. The van der Waals surface area contributed by atoms with Gasteiger partial charge in [0.2, 0.25) is 5.91 Å². The second-order valence-corrected chi connectivity index (χ2v) is 7.67. The molecule has 0 radical (unpaired) electrons. The number of rotatable bonds is 6. The third kappa shape index (κ3) is 3.74. The Morgan fingerprint density at radius 1 is 1.14 bits per heavy atom. The summed E-state index contributed by atoms with van der Waals surface area (Å²) in [5.41, 5.74) is 2.22. The van der Waals surface area contributed by atoms with E-state index in [1.165, 1.54) is 4.90 Å². The molecule has 3 N–H and O–H groups in total. The number of para-hydroxylation sites is 1. The summed E-state index contributed by atoms with van der Waals surface area (Å²) in [4.78, 5) is 41.7. The Morgan fingerprint density at radius 3 is 2.75 bits per heavy atom. The van der Waals surface area contributed by atoms with Crippen LogP contribution in [0.3, 0.4) is 0 Å². The molecule has 2 aliphatic rings. The molecule has 1 saturated carbocycles. The number of benzene rings is 1. The molecule has 148 valence electrons. The zero-order valence-electron chi connectivity index (χ0n) is 15.9. The normalized spacial score (nSPS) is 20.6. The molecule has 1 aliphatic carbocycles. The summed E-state index contributed by atoms with van der Waals surface area (Å²) < 4.78 is 0. The molecule has 4 amide bonds. The van der Waals surface area contributed by atoms with Gasteiger partial charge in [0.05, 0.1) is 6.42 Å². The minimum atomic E-state index is -0.748. The van der Waals surface area contributed by atoms with Crippen molar-refractivity contribution >= 4 is 28.7 Å². The monoisotopic (exact) mass is 382 g/mol. The summed E-state index contributed by atoms with van der Waals surface area (Å²) in [6.45, 7) is 0.488. The number of hydrogen-bond acceptors (Lipinski definition) is 3. The maximum absolute atomic E-state index is 12.6. The third-order valence-corrected chi connectivity index (χ3v) is 5.77. The largest absolute Gasteiger partial charge is 0.361 e. The molecule has 2 fully saturated rings. The van der Waals surface area contributed by atoms with E-state index in [1.807, 2.05) is 24.4 Å². The molecule has 1 aromatic heterocycles. The van der Waals surface area contributed by atoms with E-state index in [-0.39, 0.29) is 30.3 Å². The van der Waals surface area contributed by atoms with Gasteiger partial charge < -0.3 is 15.6 Å². The van der Waals surface area contributed by atoms with Crippen LogP contribution in [-0.2, 0) is 16.0 Å². The van der Waals surface area contributed by atoms with E-state index >= 15 is 0 Å². The molecule has 7 heteroatoms. The van der Waals surface area contributed by atoms with Gasteiger partial charge >= 0.3 is 6.03 Å². The molecule has 2 heterocycles. The first kappa shape index (κ1) is 18.5. The van der Waals surface area contributed by atoms with E-state index < -0.39 is 6.04 Å². The number of carbonyl (C=O) groups is 3. The Bertz CT molecular complexity index is 885. The molecule has 1 aromatic carbocycles. The van der Waals surface area contributed by atoms with Crippen molar-refractivity contribution in [3.63, 3.8) is 0 Å². The van der Waals surface area contributed by atoms with Gasteiger partial charge in [0, 0.05) is 29.7 Å². The maximum atomic E-state index is 12.6. The smallest absolute Gasteiger partial charge is 0.325 e. The Kier molecular flexibility index (Phi) is 5.32. The van der Waals surface area contributed by atoms with Crippen molar-refractivity contribution in [1.82, 2.24) is 20.5 Å². The van der Waals surface area contributed by atoms with Gasteiger partial charge in [-0.1, -0.05) is 37.5 Å². The molecular formula is C21H26N4O3. The summed E-state index contributed by atoms with van der Waals surface area (Å²) in [6.07, 6.45) is 7.62. The second kappa shape index (κ2) is 8.04. The van der Waals surface area contributed by atoms with E-state index in [9.17, 15) is 14.4 Å². The van der Waals surface area contributed by atoms with Crippen LogP contribution in [0.1, 0.15) is 44.1 Å². The van der Waals surface area contributed by atoms with Crippen molar-refractivity contribution in [2.45, 2.75) is 57.0 Å². The predicted molar refractivity (Wildman–Crippen MR) is 106 cm³/mol. The Morgan fingerprint density at radius 2 is 1.93 bits per heavy atom. The number of urea groups is 1. The van der Waals surface area contributed by atoms with Gasteiger partial charge in [-0.15, -0.1) is 0 Å². The van der Waals surface area contributed by atoms with Crippen molar-refractivity contribution in [3.05, 3.63) is 36.0 Å². The van der Waals surface area contributed by atoms with Crippen LogP contribution in [0.2, 0.25) is 0 Å². The van der Waals surface area contributed by atoms with E-state index in [4.69, 9.17) is 0 Å². The number of aromatic amines is 1. The van der Waals surface area contributed by atoms with E-state index in [0.717, 1.165) is 48.6 Å². The summed E-state index contributed by atoms with van der Waals surface area (Å²) in [6, 6.07) is 6.92. The molecular weight excluding hydrogens is 356 g/mol. The highest BCUT2D eigenvalue weighted by Crippen LogP contribution is 2.26. The fourth-order valence-corrected chi connectivity index (χ4v) is 4.30. The van der Waals surface area contributed by atoms with Crippen molar-refractivity contribution < 1.29 is 14.4 Å². The van der Waals surface area contributed by atoms with Crippen LogP contribution in [0.15, 0.2) is 30.5 Å². The van der Waals surface area contributed by atoms with Gasteiger partial charge in [0.25, 0.3) is 5.91 Å². The first-order valence-electron chi connectivity index (χ1n) is 10.1. The lowest BCUT2D eigenvalue weighted by atomic mass is 9.94. The van der Waals surface area contributed by atoms with Gasteiger partial charge in [-0.3, -0.25) is 14.5 Å². The van der Waals surface area contributed by atoms with Crippen LogP contribution in [0.4, 0.5) is 4.79 Å². The fraction of sp³-hybridized carbons (Fsp3) is 0.476. The molecule has 28 heavy (non-hydrogen) atoms. The van der Waals surface area contributed by atoms with Gasteiger partial charge in [0.15, 0.2) is 0 Å². The molecule has 1 saturated heterocycles. The van der Waals surface area contributed by atoms with Crippen molar-refractivity contribution in [2.24, 2.45) is 0 Å². The van der Waals surface area contributed by atoms with Crippen LogP contribution in [-0.4, -0.2) is 46.4 Å². The molecule has 0 unspecified atom stereocenters. The predicted octanol–water partition coefficient (Wildman–Crippen LogP) is 2.47. The van der Waals surface area contributed by atoms with Crippen LogP contribution >= 0.6 is 0 Å². The number of fused-ring (bicyclic) bond motifs is 1. The highest BCUT2D eigenvalue weighted by molar-refractivity contribution is 6.06. The summed E-state index contributed by atoms with van der Waals surface area (Å²) in [5.74, 6) is -0.479. The highest BCUT2D eigenvalue weighted by Gasteiger charge is 2.42. The number of nitrogens with zero attached hydrogens (tertiary/aromatic N) is 1. The number of amides is 4. The molecule has 0 spiro atoms. The summed E-state index contributed by atoms with van der Waals surface area (Å²) >= 11 is 0. The lowest BCUT2D eigenvalue weighted by molar-refractivity contribution is -0.132. The number of nitrogens with one attached hydrogen (secondary N) is 3. The average Bonchev–Trinajstić information content (AvgIpc) is 3.23. The molecule has 7 nitrogen and oxygen atoms in total. The van der Waals surface area contributed by atoms with Crippen molar-refractivity contribution in [2.75, 3.05) is 6.54 Å². The van der Waals surface area contributed by atoms with E-state index in [0.29, 0.717) is 13.0 Å². The van der Waals surface area contributed by atoms with Crippen LogP contribution in [0.5, 0.6) is 0 Å². The van der Waals surface area contributed by atoms with Crippen LogP contribution in [0.25, 0.3) is 10.9 Å². The number of imide groups is 1. The molecule has 4 rings (SSSR count). The SMILES string of the molecule is O=C(C[C@@H]1NC(=O)N(C2CCCCC2)C1=O)NCCc1c[nH]c2ccccc12. The van der Waals surface area contributed by atoms with Gasteiger partial charge in [-0.25, -0.2) is 4.79 Å². The van der Waals surface area contributed by atoms with Crippen molar-refractivity contribution in [3.8, 4) is 0 Å². The zero-order chi connectivity index (χ0) is 19.5.